The first kappa shape index (κ1) is 12.8. The van der Waals surface area contributed by atoms with E-state index in [9.17, 15) is 4.79 Å². The van der Waals surface area contributed by atoms with Gasteiger partial charge in [-0.05, 0) is 6.92 Å². The number of nitrogens with zero attached hydrogens (tertiary/aromatic N) is 3. The van der Waals surface area contributed by atoms with Crippen LogP contribution < -0.4 is 10.5 Å². The molecule has 0 saturated heterocycles. The Morgan fingerprint density at radius 3 is 2.88 bits per heavy atom. The van der Waals surface area contributed by atoms with Crippen LogP contribution in [0.25, 0.3) is 0 Å². The molecule has 88 valence electrons. The number of allylic oxidation sites excluding steroid dienone is 2. The fourth-order valence-electron chi connectivity index (χ4n) is 1.19. The lowest BCUT2D eigenvalue weighted by Crippen LogP contribution is -2.25. The lowest BCUT2D eigenvalue weighted by Gasteiger charge is -2.15. The summed E-state index contributed by atoms with van der Waals surface area (Å²) in [5.74, 6) is 0.450. The quantitative estimate of drug-likeness (QED) is 0.579. The van der Waals surface area contributed by atoms with Gasteiger partial charge in [0.1, 0.15) is 0 Å². The van der Waals surface area contributed by atoms with Crippen LogP contribution in [0.2, 0.25) is 0 Å². The first-order valence-corrected chi connectivity index (χ1v) is 5.71. The van der Waals surface area contributed by atoms with Gasteiger partial charge in [-0.1, -0.05) is 12.2 Å². The third kappa shape index (κ3) is 3.38. The van der Waals surface area contributed by atoms with Gasteiger partial charge in [0.25, 0.3) is 5.56 Å². The molecule has 0 amide bonds. The summed E-state index contributed by atoms with van der Waals surface area (Å²) in [6, 6.07) is 1.59. The second-order valence-electron chi connectivity index (χ2n) is 3.37. The molecular weight excluding hydrogens is 226 g/mol. The van der Waals surface area contributed by atoms with Gasteiger partial charge in [-0.3, -0.25) is 4.79 Å². The molecule has 1 heterocycles. The van der Waals surface area contributed by atoms with E-state index >= 15 is 0 Å². The van der Waals surface area contributed by atoms with Crippen molar-refractivity contribution in [2.45, 2.75) is 13.5 Å². The molecule has 4 nitrogen and oxygen atoms in total. The van der Waals surface area contributed by atoms with E-state index in [0.717, 1.165) is 12.2 Å². The zero-order chi connectivity index (χ0) is 12.0. The second-order valence-corrected chi connectivity index (χ2v) is 3.68. The largest absolute Gasteiger partial charge is 0.373 e. The van der Waals surface area contributed by atoms with Gasteiger partial charge in [-0.25, -0.2) is 4.68 Å². The monoisotopic (exact) mass is 241 g/mol. The SMILES string of the molecule is CCN(C)c1cnn(C/C=C/CCl)c(=O)c1. The van der Waals surface area contributed by atoms with Crippen LogP contribution in [0.15, 0.2) is 29.2 Å². The molecule has 5 heteroatoms. The Bertz CT molecular complexity index is 414. The second kappa shape index (κ2) is 6.33. The number of aromatic nitrogens is 2. The fraction of sp³-hybridized carbons (Fsp3) is 0.455. The molecule has 0 unspecified atom stereocenters. The van der Waals surface area contributed by atoms with Gasteiger partial charge in [0, 0.05) is 25.5 Å². The number of hydrogen-bond acceptors (Lipinski definition) is 3. The van der Waals surface area contributed by atoms with Crippen molar-refractivity contribution < 1.29 is 0 Å². The molecule has 0 aliphatic carbocycles. The molecule has 0 aromatic carbocycles. The van der Waals surface area contributed by atoms with Crippen LogP contribution in [-0.2, 0) is 6.54 Å². The van der Waals surface area contributed by atoms with Gasteiger partial charge in [0.15, 0.2) is 0 Å². The summed E-state index contributed by atoms with van der Waals surface area (Å²) in [6.45, 7) is 3.33. The summed E-state index contributed by atoms with van der Waals surface area (Å²) < 4.78 is 1.40. The minimum absolute atomic E-state index is 0.1000. The van der Waals surface area contributed by atoms with Crippen LogP contribution in [0.4, 0.5) is 5.69 Å². The normalized spacial score (nSPS) is 10.9. The molecule has 1 rings (SSSR count). The van der Waals surface area contributed by atoms with Crippen molar-refractivity contribution >= 4 is 17.3 Å². The van der Waals surface area contributed by atoms with E-state index in [1.807, 2.05) is 24.9 Å². The summed E-state index contributed by atoms with van der Waals surface area (Å²) in [4.78, 5) is 13.6. The van der Waals surface area contributed by atoms with Crippen molar-refractivity contribution in [2.24, 2.45) is 0 Å². The molecule has 0 saturated carbocycles. The zero-order valence-electron chi connectivity index (χ0n) is 9.56. The lowest BCUT2D eigenvalue weighted by atomic mass is 10.4. The molecule has 0 bridgehead atoms. The summed E-state index contributed by atoms with van der Waals surface area (Å²) in [5, 5.41) is 4.09. The third-order valence-electron chi connectivity index (χ3n) is 2.30. The van der Waals surface area contributed by atoms with Crippen LogP contribution in [0.3, 0.4) is 0 Å². The lowest BCUT2D eigenvalue weighted by molar-refractivity contribution is 0.649. The Balaban J connectivity index is 2.83. The molecule has 0 N–H and O–H groups in total. The van der Waals surface area contributed by atoms with Crippen LogP contribution in [0.5, 0.6) is 0 Å². The minimum Gasteiger partial charge on any atom is -0.373 e. The van der Waals surface area contributed by atoms with Gasteiger partial charge < -0.3 is 4.90 Å². The van der Waals surface area contributed by atoms with Gasteiger partial charge in [-0.2, -0.15) is 5.10 Å². The molecule has 0 aliphatic heterocycles. The zero-order valence-corrected chi connectivity index (χ0v) is 10.3. The molecule has 0 radical (unpaired) electrons. The summed E-state index contributed by atoms with van der Waals surface area (Å²) in [6.07, 6.45) is 5.31. The topological polar surface area (TPSA) is 38.1 Å². The fourth-order valence-corrected chi connectivity index (χ4v) is 1.32. The van der Waals surface area contributed by atoms with Crippen LogP contribution in [0, 0.1) is 0 Å². The Morgan fingerprint density at radius 1 is 1.56 bits per heavy atom. The highest BCUT2D eigenvalue weighted by atomic mass is 35.5. The average Bonchev–Trinajstić information content (AvgIpc) is 2.30. The Kier molecular flexibility index (Phi) is 5.05. The highest BCUT2D eigenvalue weighted by Gasteiger charge is 2.01. The number of alkyl halides is 1. The van der Waals surface area contributed by atoms with Gasteiger partial charge >= 0.3 is 0 Å². The molecular formula is C11H16ClN3O. The first-order chi connectivity index (χ1) is 7.69. The van der Waals surface area contributed by atoms with E-state index in [1.54, 1.807) is 18.3 Å². The average molecular weight is 242 g/mol. The van der Waals surface area contributed by atoms with Crippen molar-refractivity contribution in [1.82, 2.24) is 9.78 Å². The van der Waals surface area contributed by atoms with Crippen molar-refractivity contribution in [3.05, 3.63) is 34.8 Å². The third-order valence-corrected chi connectivity index (χ3v) is 2.48. The summed E-state index contributed by atoms with van der Waals surface area (Å²) in [7, 11) is 1.92. The van der Waals surface area contributed by atoms with E-state index in [2.05, 4.69) is 5.10 Å². The highest BCUT2D eigenvalue weighted by Crippen LogP contribution is 2.05. The molecule has 0 spiro atoms. The summed E-state index contributed by atoms with van der Waals surface area (Å²) >= 11 is 5.49. The Labute approximate surface area is 100 Å². The van der Waals surface area contributed by atoms with Gasteiger partial charge in [0.05, 0.1) is 18.4 Å². The van der Waals surface area contributed by atoms with E-state index in [1.165, 1.54) is 4.68 Å². The highest BCUT2D eigenvalue weighted by molar-refractivity contribution is 6.18. The molecule has 16 heavy (non-hydrogen) atoms. The van der Waals surface area contributed by atoms with E-state index < -0.39 is 0 Å². The summed E-state index contributed by atoms with van der Waals surface area (Å²) in [5.41, 5.74) is 0.738. The number of anilines is 1. The van der Waals surface area contributed by atoms with Crippen molar-refractivity contribution in [2.75, 3.05) is 24.4 Å². The molecule has 0 atom stereocenters. The molecule has 0 fully saturated rings. The van der Waals surface area contributed by atoms with E-state index in [4.69, 9.17) is 11.6 Å². The standard InChI is InChI=1S/C11H16ClN3O/c1-3-14(2)10-8-11(16)15(13-9-10)7-5-4-6-12/h4-5,8-9H,3,6-7H2,1-2H3/b5-4+. The molecule has 1 aromatic heterocycles. The number of hydrogen-bond donors (Lipinski definition) is 0. The van der Waals surface area contributed by atoms with Gasteiger partial charge in [0.2, 0.25) is 0 Å². The van der Waals surface area contributed by atoms with Crippen LogP contribution >= 0.6 is 11.6 Å². The predicted molar refractivity (Wildman–Crippen MR) is 67.3 cm³/mol. The Hall–Kier alpha value is -1.29. The minimum atomic E-state index is -0.1000. The van der Waals surface area contributed by atoms with E-state index in [0.29, 0.717) is 12.4 Å². The van der Waals surface area contributed by atoms with Gasteiger partial charge in [-0.15, -0.1) is 11.6 Å². The van der Waals surface area contributed by atoms with Crippen LogP contribution in [0.1, 0.15) is 6.92 Å². The number of rotatable bonds is 5. The first-order valence-electron chi connectivity index (χ1n) is 5.18. The number of halogens is 1. The van der Waals surface area contributed by atoms with Crippen molar-refractivity contribution in [3.63, 3.8) is 0 Å². The van der Waals surface area contributed by atoms with E-state index in [-0.39, 0.29) is 5.56 Å². The predicted octanol–water partition coefficient (Wildman–Crippen LogP) is 1.49. The van der Waals surface area contributed by atoms with Crippen molar-refractivity contribution in [1.29, 1.82) is 0 Å². The molecule has 1 aromatic rings. The maximum absolute atomic E-state index is 11.7. The molecule has 0 aliphatic rings. The Morgan fingerprint density at radius 2 is 2.31 bits per heavy atom. The maximum atomic E-state index is 11.7. The maximum Gasteiger partial charge on any atom is 0.269 e. The smallest absolute Gasteiger partial charge is 0.269 e. The van der Waals surface area contributed by atoms with Crippen molar-refractivity contribution in [3.8, 4) is 0 Å². The van der Waals surface area contributed by atoms with Crippen LogP contribution in [-0.4, -0.2) is 29.3 Å².